The van der Waals surface area contributed by atoms with Crippen LogP contribution in [0.15, 0.2) is 24.8 Å². The van der Waals surface area contributed by atoms with Gasteiger partial charge in [0.25, 0.3) is 0 Å². The van der Waals surface area contributed by atoms with Gasteiger partial charge in [0, 0.05) is 23.2 Å². The summed E-state index contributed by atoms with van der Waals surface area (Å²) in [6.07, 6.45) is 0. The molecule has 0 aliphatic heterocycles. The Morgan fingerprint density at radius 1 is 1.50 bits per heavy atom. The molecule has 0 heterocycles. The molecule has 1 aromatic rings. The van der Waals surface area contributed by atoms with Gasteiger partial charge in [0.05, 0.1) is 0 Å². The lowest BCUT2D eigenvalue weighted by molar-refractivity contribution is 1.39. The summed E-state index contributed by atoms with van der Waals surface area (Å²) in [6, 6.07) is 6.08. The smallest absolute Gasteiger partial charge is 0.0451 e. The van der Waals surface area contributed by atoms with E-state index >= 15 is 0 Å². The Balaban J connectivity index is 3.27. The van der Waals surface area contributed by atoms with Crippen molar-refractivity contribution in [3.8, 4) is 0 Å². The van der Waals surface area contributed by atoms with Crippen LogP contribution >= 0.6 is 12.6 Å². The molecule has 0 bridgehead atoms. The molecule has 0 amide bonds. The molecular weight excluding hydrogens is 166 g/mol. The molecule has 0 aliphatic carbocycles. The summed E-state index contributed by atoms with van der Waals surface area (Å²) in [4.78, 5) is 0.794. The van der Waals surface area contributed by atoms with Gasteiger partial charge in [-0.15, -0.1) is 12.6 Å². The second-order valence-corrected chi connectivity index (χ2v) is 3.23. The molecule has 0 aromatic heterocycles. The Bertz CT molecular complexity index is 305. The highest BCUT2D eigenvalue weighted by Gasteiger charge is 2.03. The van der Waals surface area contributed by atoms with Crippen molar-refractivity contribution in [3.05, 3.63) is 35.9 Å². The van der Waals surface area contributed by atoms with Crippen molar-refractivity contribution in [1.82, 2.24) is 0 Å². The molecule has 64 valence electrons. The summed E-state index contributed by atoms with van der Waals surface area (Å²) in [6.45, 7) is 5.86. The maximum Gasteiger partial charge on any atom is 0.0451 e. The SMILES string of the molecule is C=C(S)c1cccc(C)c1NC. The maximum absolute atomic E-state index is 4.22. The van der Waals surface area contributed by atoms with Crippen LogP contribution in [-0.4, -0.2) is 7.05 Å². The molecule has 1 rings (SSSR count). The van der Waals surface area contributed by atoms with E-state index in [1.165, 1.54) is 5.56 Å². The number of hydrogen-bond acceptors (Lipinski definition) is 2. The van der Waals surface area contributed by atoms with Gasteiger partial charge < -0.3 is 5.32 Å². The summed E-state index contributed by atoms with van der Waals surface area (Å²) in [7, 11) is 1.91. The highest BCUT2D eigenvalue weighted by molar-refractivity contribution is 7.90. The van der Waals surface area contributed by atoms with Crippen molar-refractivity contribution in [2.75, 3.05) is 12.4 Å². The summed E-state index contributed by atoms with van der Waals surface area (Å²) in [5.41, 5.74) is 3.39. The van der Waals surface area contributed by atoms with Gasteiger partial charge in [0.1, 0.15) is 0 Å². The van der Waals surface area contributed by atoms with Gasteiger partial charge in [-0.05, 0) is 12.5 Å². The molecular formula is C10H13NS. The van der Waals surface area contributed by atoms with E-state index in [1.54, 1.807) is 0 Å². The van der Waals surface area contributed by atoms with Gasteiger partial charge in [-0.25, -0.2) is 0 Å². The minimum atomic E-state index is 0.794. The Hall–Kier alpha value is -0.890. The fourth-order valence-electron chi connectivity index (χ4n) is 1.24. The van der Waals surface area contributed by atoms with Gasteiger partial charge in [0.15, 0.2) is 0 Å². The zero-order valence-electron chi connectivity index (χ0n) is 7.39. The van der Waals surface area contributed by atoms with E-state index in [0.29, 0.717) is 0 Å². The number of anilines is 1. The summed E-state index contributed by atoms with van der Waals surface area (Å²) < 4.78 is 0. The second kappa shape index (κ2) is 3.68. The molecule has 0 aliphatic rings. The largest absolute Gasteiger partial charge is 0.387 e. The van der Waals surface area contributed by atoms with Gasteiger partial charge in [0.2, 0.25) is 0 Å². The molecule has 2 heteroatoms. The summed E-state index contributed by atoms with van der Waals surface area (Å²) in [5.74, 6) is 0. The zero-order chi connectivity index (χ0) is 9.14. The van der Waals surface area contributed by atoms with Crippen LogP contribution in [0.3, 0.4) is 0 Å². The van der Waals surface area contributed by atoms with Crippen molar-refractivity contribution in [3.63, 3.8) is 0 Å². The standard InChI is InChI=1S/C10H13NS/c1-7-5-4-6-9(8(2)12)10(7)11-3/h4-6,11-12H,2H2,1,3H3. The van der Waals surface area contributed by atoms with Crippen molar-refractivity contribution in [1.29, 1.82) is 0 Å². The number of thiol groups is 1. The molecule has 1 aromatic carbocycles. The van der Waals surface area contributed by atoms with Gasteiger partial charge in [-0.1, -0.05) is 24.8 Å². The first-order chi connectivity index (χ1) is 5.66. The third-order valence-corrected chi connectivity index (χ3v) is 2.07. The van der Waals surface area contributed by atoms with Crippen LogP contribution in [0.4, 0.5) is 5.69 Å². The lowest BCUT2D eigenvalue weighted by Gasteiger charge is -2.10. The van der Waals surface area contributed by atoms with Crippen LogP contribution in [0.2, 0.25) is 0 Å². The van der Waals surface area contributed by atoms with Crippen LogP contribution < -0.4 is 5.32 Å². The number of hydrogen-bond donors (Lipinski definition) is 2. The quantitative estimate of drug-likeness (QED) is 0.665. The predicted molar refractivity (Wildman–Crippen MR) is 58.7 cm³/mol. The molecule has 0 atom stereocenters. The molecule has 0 fully saturated rings. The molecule has 0 spiro atoms. The average molecular weight is 179 g/mol. The number of para-hydroxylation sites is 1. The third-order valence-electron chi connectivity index (χ3n) is 1.83. The van der Waals surface area contributed by atoms with Crippen molar-refractivity contribution < 1.29 is 0 Å². The highest BCUT2D eigenvalue weighted by atomic mass is 32.1. The van der Waals surface area contributed by atoms with Gasteiger partial charge in [-0.3, -0.25) is 0 Å². The molecule has 12 heavy (non-hydrogen) atoms. The third kappa shape index (κ3) is 1.64. The fraction of sp³-hybridized carbons (Fsp3) is 0.200. The number of aryl methyl sites for hydroxylation is 1. The lowest BCUT2D eigenvalue weighted by atomic mass is 10.1. The normalized spacial score (nSPS) is 9.58. The lowest BCUT2D eigenvalue weighted by Crippen LogP contribution is -1.95. The number of nitrogens with one attached hydrogen (secondary N) is 1. The Kier molecular flexibility index (Phi) is 2.82. The highest BCUT2D eigenvalue weighted by Crippen LogP contribution is 2.27. The van der Waals surface area contributed by atoms with Gasteiger partial charge in [-0.2, -0.15) is 0 Å². The molecule has 1 nitrogen and oxygen atoms in total. The van der Waals surface area contributed by atoms with Gasteiger partial charge >= 0.3 is 0 Å². The zero-order valence-corrected chi connectivity index (χ0v) is 8.28. The fourth-order valence-corrected chi connectivity index (χ4v) is 1.43. The Morgan fingerprint density at radius 3 is 2.58 bits per heavy atom. The first-order valence-electron chi connectivity index (χ1n) is 3.82. The Labute approximate surface area is 78.9 Å². The Morgan fingerprint density at radius 2 is 2.17 bits per heavy atom. The van der Waals surface area contributed by atoms with E-state index in [0.717, 1.165) is 16.2 Å². The molecule has 0 saturated carbocycles. The first-order valence-corrected chi connectivity index (χ1v) is 4.27. The van der Waals surface area contributed by atoms with Crippen LogP contribution in [0.5, 0.6) is 0 Å². The van der Waals surface area contributed by atoms with E-state index in [1.807, 2.05) is 19.2 Å². The predicted octanol–water partition coefficient (Wildman–Crippen LogP) is 2.94. The average Bonchev–Trinajstić information content (AvgIpc) is 2.03. The van der Waals surface area contributed by atoms with Crippen LogP contribution in [-0.2, 0) is 0 Å². The van der Waals surface area contributed by atoms with E-state index < -0.39 is 0 Å². The van der Waals surface area contributed by atoms with E-state index in [9.17, 15) is 0 Å². The van der Waals surface area contributed by atoms with Crippen molar-refractivity contribution in [2.24, 2.45) is 0 Å². The molecule has 0 saturated heterocycles. The van der Waals surface area contributed by atoms with E-state index in [-0.39, 0.29) is 0 Å². The van der Waals surface area contributed by atoms with Crippen LogP contribution in [0.25, 0.3) is 4.91 Å². The van der Waals surface area contributed by atoms with Crippen LogP contribution in [0, 0.1) is 6.92 Å². The van der Waals surface area contributed by atoms with Crippen molar-refractivity contribution in [2.45, 2.75) is 6.92 Å². The van der Waals surface area contributed by atoms with Crippen molar-refractivity contribution >= 4 is 23.2 Å². The second-order valence-electron chi connectivity index (χ2n) is 2.69. The monoisotopic (exact) mass is 179 g/mol. The minimum Gasteiger partial charge on any atom is -0.387 e. The summed E-state index contributed by atoms with van der Waals surface area (Å²) >= 11 is 4.22. The molecule has 0 radical (unpaired) electrons. The van der Waals surface area contributed by atoms with E-state index in [2.05, 4.69) is 37.5 Å². The van der Waals surface area contributed by atoms with Crippen LogP contribution in [0.1, 0.15) is 11.1 Å². The maximum atomic E-state index is 4.22. The molecule has 1 N–H and O–H groups in total. The van der Waals surface area contributed by atoms with E-state index in [4.69, 9.17) is 0 Å². The summed E-state index contributed by atoms with van der Waals surface area (Å²) in [5, 5.41) is 3.14. The number of benzene rings is 1. The minimum absolute atomic E-state index is 0.794. The first kappa shape index (κ1) is 9.20. The number of rotatable bonds is 2. The topological polar surface area (TPSA) is 12.0 Å². The molecule has 0 unspecified atom stereocenters.